The van der Waals surface area contributed by atoms with Crippen molar-refractivity contribution in [1.29, 1.82) is 0 Å². The van der Waals surface area contributed by atoms with Crippen LogP contribution in [-0.4, -0.2) is 18.1 Å². The van der Waals surface area contributed by atoms with E-state index in [1.54, 1.807) is 12.1 Å². The quantitative estimate of drug-likeness (QED) is 0.392. The van der Waals surface area contributed by atoms with Crippen molar-refractivity contribution >= 4 is 24.0 Å². The van der Waals surface area contributed by atoms with E-state index in [0.717, 1.165) is 5.56 Å². The van der Waals surface area contributed by atoms with Gasteiger partial charge in [0.1, 0.15) is 10.1 Å². The Morgan fingerprint density at radius 1 is 1.24 bits per heavy atom. The van der Waals surface area contributed by atoms with Crippen LogP contribution in [0.25, 0.3) is 0 Å². The van der Waals surface area contributed by atoms with Crippen molar-refractivity contribution in [2.75, 3.05) is 0 Å². The van der Waals surface area contributed by atoms with Gasteiger partial charge in [-0.1, -0.05) is 47.0 Å². The summed E-state index contributed by atoms with van der Waals surface area (Å²) in [6.45, 7) is 7.96. The van der Waals surface area contributed by atoms with E-state index in [9.17, 15) is 13.0 Å². The summed E-state index contributed by atoms with van der Waals surface area (Å²) in [6.07, 6.45) is 0. The van der Waals surface area contributed by atoms with E-state index in [1.807, 2.05) is 27.7 Å². The molecule has 0 aliphatic heterocycles. The van der Waals surface area contributed by atoms with Crippen LogP contribution in [0.2, 0.25) is 0 Å². The maximum absolute atomic E-state index is 11.1. The van der Waals surface area contributed by atoms with Gasteiger partial charge in [-0.2, -0.15) is 0 Å². The molecule has 90 valence electrons. The molecule has 1 rings (SSSR count). The Labute approximate surface area is 117 Å². The Bertz CT molecular complexity index is 492. The molecular formula is C11H16LiO3PS. The van der Waals surface area contributed by atoms with Gasteiger partial charge in [0, 0.05) is 0 Å². The van der Waals surface area contributed by atoms with Crippen LogP contribution in [0.1, 0.15) is 26.3 Å². The zero-order valence-electron chi connectivity index (χ0n) is 10.9. The fourth-order valence-corrected chi connectivity index (χ4v) is 3.77. The maximum atomic E-state index is 11.1. The zero-order valence-corrected chi connectivity index (χ0v) is 12.7. The average molecular weight is 266 g/mol. The van der Waals surface area contributed by atoms with Gasteiger partial charge in [0.25, 0.3) is 0 Å². The number of aryl methyl sites for hydroxylation is 1. The summed E-state index contributed by atoms with van der Waals surface area (Å²) in [5.41, 5.74) is 0.971. The molecule has 0 aliphatic carbocycles. The van der Waals surface area contributed by atoms with Crippen molar-refractivity contribution in [1.82, 2.24) is 0 Å². The Balaban J connectivity index is 0.00000256. The second-order valence-corrected chi connectivity index (χ2v) is 8.47. The number of hydrogen-bond acceptors (Lipinski definition) is 3. The third-order valence-corrected chi connectivity index (χ3v) is 4.42. The van der Waals surface area contributed by atoms with Crippen molar-refractivity contribution in [2.24, 2.45) is 0 Å². The van der Waals surface area contributed by atoms with E-state index in [-0.39, 0.29) is 28.9 Å². The molecule has 3 nitrogen and oxygen atoms in total. The second kappa shape index (κ2) is 5.87. The molecule has 0 fully saturated rings. The fourth-order valence-electron chi connectivity index (χ4n) is 1.36. The van der Waals surface area contributed by atoms with E-state index < -0.39 is 10.1 Å². The van der Waals surface area contributed by atoms with E-state index in [0.29, 0.717) is 13.9 Å². The minimum atomic E-state index is -4.37. The van der Waals surface area contributed by atoms with E-state index >= 15 is 0 Å². The predicted molar refractivity (Wildman–Crippen MR) is 66.8 cm³/mol. The normalized spacial score (nSPS) is 12.8. The van der Waals surface area contributed by atoms with Crippen LogP contribution >= 0.6 is 8.58 Å². The SMILES string of the molecule is Cc1ccc(S(=O)(=O)[O-])c(PC(C)(C)C)c1.[Li+]. The Kier molecular flexibility index (Phi) is 5.92. The molecule has 0 heterocycles. The second-order valence-electron chi connectivity index (χ2n) is 4.83. The summed E-state index contributed by atoms with van der Waals surface area (Å²) in [5, 5.41) is 0.621. The van der Waals surface area contributed by atoms with Gasteiger partial charge >= 0.3 is 18.9 Å². The van der Waals surface area contributed by atoms with Crippen LogP contribution in [-0.2, 0) is 10.1 Å². The van der Waals surface area contributed by atoms with Crippen molar-refractivity contribution in [3.05, 3.63) is 23.8 Å². The largest absolute Gasteiger partial charge is 1.00 e. The molecule has 0 bridgehead atoms. The molecular weight excluding hydrogens is 250 g/mol. The van der Waals surface area contributed by atoms with Crippen LogP contribution < -0.4 is 24.2 Å². The monoisotopic (exact) mass is 266 g/mol. The first kappa shape index (κ1) is 17.2. The molecule has 0 N–H and O–H groups in total. The van der Waals surface area contributed by atoms with Crippen molar-refractivity contribution in [3.63, 3.8) is 0 Å². The van der Waals surface area contributed by atoms with Gasteiger partial charge in [-0.15, -0.1) is 0 Å². The minimum absolute atomic E-state index is 0. The van der Waals surface area contributed by atoms with Gasteiger partial charge < -0.3 is 4.55 Å². The zero-order chi connectivity index (χ0) is 12.6. The van der Waals surface area contributed by atoms with Crippen LogP contribution in [0.4, 0.5) is 0 Å². The summed E-state index contributed by atoms with van der Waals surface area (Å²) in [5.74, 6) is 0. The molecule has 0 aromatic heterocycles. The fraction of sp³-hybridized carbons (Fsp3) is 0.455. The molecule has 6 heteroatoms. The molecule has 1 unspecified atom stereocenters. The third kappa shape index (κ3) is 5.55. The third-order valence-electron chi connectivity index (χ3n) is 1.91. The first-order valence-electron chi connectivity index (χ1n) is 4.94. The molecule has 0 aliphatic rings. The van der Waals surface area contributed by atoms with E-state index in [2.05, 4.69) is 0 Å². The van der Waals surface area contributed by atoms with Gasteiger partial charge in [-0.05, 0) is 23.5 Å². The topological polar surface area (TPSA) is 57.2 Å². The van der Waals surface area contributed by atoms with Gasteiger partial charge in [0.2, 0.25) is 0 Å². The van der Waals surface area contributed by atoms with Crippen molar-refractivity contribution in [2.45, 2.75) is 37.7 Å². The van der Waals surface area contributed by atoms with Gasteiger partial charge in [-0.3, -0.25) is 0 Å². The molecule has 0 spiro atoms. The summed E-state index contributed by atoms with van der Waals surface area (Å²) in [6, 6.07) is 4.85. The van der Waals surface area contributed by atoms with Crippen LogP contribution in [0.15, 0.2) is 23.1 Å². The summed E-state index contributed by atoms with van der Waals surface area (Å²) < 4.78 is 33.3. The summed E-state index contributed by atoms with van der Waals surface area (Å²) in [4.78, 5) is -0.0774. The number of rotatable bonds is 2. The van der Waals surface area contributed by atoms with Crippen LogP contribution in [0, 0.1) is 6.92 Å². The minimum Gasteiger partial charge on any atom is -0.744 e. The van der Waals surface area contributed by atoms with Gasteiger partial charge in [-0.25, -0.2) is 8.42 Å². The molecule has 1 atom stereocenters. The Hall–Kier alpha value is 0.157. The Morgan fingerprint density at radius 3 is 2.18 bits per heavy atom. The first-order valence-corrected chi connectivity index (χ1v) is 7.35. The smallest absolute Gasteiger partial charge is 0.744 e. The van der Waals surface area contributed by atoms with E-state index in [1.165, 1.54) is 6.07 Å². The first-order chi connectivity index (χ1) is 7.09. The predicted octanol–water partition coefficient (Wildman–Crippen LogP) is -0.995. The summed E-state index contributed by atoms with van der Waals surface area (Å²) >= 11 is 0. The molecule has 0 saturated heterocycles. The van der Waals surface area contributed by atoms with Crippen LogP contribution in [0.3, 0.4) is 0 Å². The standard InChI is InChI=1S/C11H17O3PS.Li/c1-8-5-6-10(16(12,13)14)9(7-8)15-11(2,3)4;/h5-7,15H,1-4H3,(H,12,13,14);/q;+1/p-1. The molecule has 0 radical (unpaired) electrons. The Morgan fingerprint density at radius 2 is 1.76 bits per heavy atom. The number of benzene rings is 1. The molecule has 17 heavy (non-hydrogen) atoms. The van der Waals surface area contributed by atoms with Gasteiger partial charge in [0.15, 0.2) is 0 Å². The summed E-state index contributed by atoms with van der Waals surface area (Å²) in [7, 11) is -4.06. The van der Waals surface area contributed by atoms with E-state index in [4.69, 9.17) is 0 Å². The average Bonchev–Trinajstić information content (AvgIpc) is 1.97. The maximum Gasteiger partial charge on any atom is 1.00 e. The molecule has 0 amide bonds. The molecule has 1 aromatic rings. The van der Waals surface area contributed by atoms with Crippen LogP contribution in [0.5, 0.6) is 0 Å². The number of hydrogen-bond donors (Lipinski definition) is 0. The van der Waals surface area contributed by atoms with Crippen molar-refractivity contribution in [3.8, 4) is 0 Å². The molecule has 1 aromatic carbocycles. The van der Waals surface area contributed by atoms with Gasteiger partial charge in [0.05, 0.1) is 4.90 Å². The molecule has 0 saturated carbocycles. The van der Waals surface area contributed by atoms with Crippen molar-refractivity contribution < 1.29 is 31.8 Å².